The third-order valence-electron chi connectivity index (χ3n) is 2.67. The number of nitriles is 1. The molecule has 0 saturated carbocycles. The number of benzene rings is 1. The van der Waals surface area contributed by atoms with Gasteiger partial charge in [-0.1, -0.05) is 0 Å². The fraction of sp³-hybridized carbons (Fsp3) is 0.167. The van der Waals surface area contributed by atoms with Gasteiger partial charge in [0.15, 0.2) is 0 Å². The molecule has 6 nitrogen and oxygen atoms in total. The van der Waals surface area contributed by atoms with Gasteiger partial charge in [0.2, 0.25) is 0 Å². The first-order valence-corrected chi connectivity index (χ1v) is 7.87. The largest absolute Gasteiger partial charge is 0.281 e. The van der Waals surface area contributed by atoms with Crippen molar-refractivity contribution in [1.82, 2.24) is 10.2 Å². The lowest BCUT2D eigenvalue weighted by molar-refractivity contribution is 0.600. The minimum Gasteiger partial charge on any atom is -0.281 e. The fourth-order valence-corrected chi connectivity index (χ4v) is 3.86. The van der Waals surface area contributed by atoms with Crippen LogP contribution in [-0.4, -0.2) is 18.6 Å². The molecule has 104 valence electrons. The monoisotopic (exact) mass is 354 g/mol. The molecule has 2 aromatic rings. The Labute approximate surface area is 125 Å². The van der Waals surface area contributed by atoms with E-state index in [0.717, 1.165) is 0 Å². The van der Waals surface area contributed by atoms with E-state index in [1.165, 1.54) is 12.1 Å². The highest BCUT2D eigenvalue weighted by Gasteiger charge is 2.23. The van der Waals surface area contributed by atoms with Crippen molar-refractivity contribution >= 4 is 31.6 Å². The van der Waals surface area contributed by atoms with Gasteiger partial charge in [-0.15, -0.1) is 0 Å². The van der Waals surface area contributed by atoms with Crippen molar-refractivity contribution in [3.63, 3.8) is 0 Å². The lowest BCUT2D eigenvalue weighted by atomic mass is 10.2. The predicted molar refractivity (Wildman–Crippen MR) is 77.7 cm³/mol. The first-order chi connectivity index (χ1) is 9.35. The molecule has 0 bridgehead atoms. The summed E-state index contributed by atoms with van der Waals surface area (Å²) in [6.45, 7) is 3.26. The van der Waals surface area contributed by atoms with E-state index in [-0.39, 0.29) is 4.90 Å². The summed E-state index contributed by atoms with van der Waals surface area (Å²) in [7, 11) is -3.73. The number of nitrogens with zero attached hydrogens (tertiary/aromatic N) is 2. The van der Waals surface area contributed by atoms with Gasteiger partial charge in [0.25, 0.3) is 10.0 Å². The van der Waals surface area contributed by atoms with Crippen molar-refractivity contribution < 1.29 is 8.42 Å². The molecule has 0 aliphatic heterocycles. The van der Waals surface area contributed by atoms with E-state index in [4.69, 9.17) is 5.26 Å². The number of hydrogen-bond donors (Lipinski definition) is 2. The zero-order valence-electron chi connectivity index (χ0n) is 10.7. The molecule has 0 radical (unpaired) electrons. The normalized spacial score (nSPS) is 11.1. The average molecular weight is 355 g/mol. The van der Waals surface area contributed by atoms with Crippen LogP contribution in [-0.2, 0) is 10.0 Å². The Hall–Kier alpha value is -1.85. The molecule has 0 atom stereocenters. The van der Waals surface area contributed by atoms with Crippen LogP contribution < -0.4 is 4.72 Å². The number of aromatic nitrogens is 2. The van der Waals surface area contributed by atoms with Crippen LogP contribution >= 0.6 is 15.9 Å². The van der Waals surface area contributed by atoms with Crippen molar-refractivity contribution in [2.45, 2.75) is 18.7 Å². The number of rotatable bonds is 3. The number of aromatic amines is 1. The number of H-pyrrole nitrogens is 1. The average Bonchev–Trinajstić information content (AvgIpc) is 2.72. The number of hydrogen-bond acceptors (Lipinski definition) is 4. The molecule has 0 amide bonds. The van der Waals surface area contributed by atoms with Gasteiger partial charge < -0.3 is 0 Å². The van der Waals surface area contributed by atoms with Crippen molar-refractivity contribution in [2.75, 3.05) is 4.72 Å². The Bertz CT molecular complexity index is 786. The maximum absolute atomic E-state index is 12.4. The predicted octanol–water partition coefficient (Wildman–Crippen LogP) is 2.46. The molecular weight excluding hydrogens is 344 g/mol. The van der Waals surface area contributed by atoms with Crippen LogP contribution in [0.1, 0.15) is 17.0 Å². The second kappa shape index (κ2) is 5.26. The van der Waals surface area contributed by atoms with Gasteiger partial charge in [-0.05, 0) is 48.0 Å². The van der Waals surface area contributed by atoms with Crippen molar-refractivity contribution in [3.8, 4) is 6.07 Å². The smallest absolute Gasteiger partial charge is 0.265 e. The number of halogens is 1. The van der Waals surface area contributed by atoms with Crippen LogP contribution in [0.25, 0.3) is 0 Å². The third kappa shape index (κ3) is 2.69. The van der Waals surface area contributed by atoms with Crippen LogP contribution in [0, 0.1) is 25.2 Å². The molecule has 2 rings (SSSR count). The summed E-state index contributed by atoms with van der Waals surface area (Å²) in [5, 5.41) is 15.3. The summed E-state index contributed by atoms with van der Waals surface area (Å²) < 4.78 is 27.7. The van der Waals surface area contributed by atoms with E-state index in [9.17, 15) is 8.42 Å². The highest BCUT2D eigenvalue weighted by Crippen LogP contribution is 2.27. The van der Waals surface area contributed by atoms with Gasteiger partial charge in [-0.3, -0.25) is 9.82 Å². The van der Waals surface area contributed by atoms with E-state index < -0.39 is 10.0 Å². The molecule has 0 unspecified atom stereocenters. The highest BCUT2D eigenvalue weighted by atomic mass is 79.9. The molecule has 20 heavy (non-hydrogen) atoms. The van der Waals surface area contributed by atoms with Crippen LogP contribution in [0.4, 0.5) is 5.69 Å². The molecule has 1 aromatic carbocycles. The zero-order valence-corrected chi connectivity index (χ0v) is 13.1. The molecule has 0 aliphatic carbocycles. The highest BCUT2D eigenvalue weighted by molar-refractivity contribution is 9.10. The molecule has 2 N–H and O–H groups in total. The SMILES string of the molecule is Cc1n[nH]c(C)c1S(=O)(=O)Nc1ccc(C#N)cc1Br. The first kappa shape index (κ1) is 14.6. The summed E-state index contributed by atoms with van der Waals surface area (Å²) in [5.41, 5.74) is 1.68. The third-order valence-corrected chi connectivity index (χ3v) is 4.96. The summed E-state index contributed by atoms with van der Waals surface area (Å²) in [6, 6.07) is 6.60. The molecule has 0 spiro atoms. The molecule has 1 heterocycles. The van der Waals surface area contributed by atoms with Gasteiger partial charge in [-0.2, -0.15) is 10.4 Å². The van der Waals surface area contributed by atoms with Gasteiger partial charge in [0.1, 0.15) is 4.90 Å². The molecule has 0 fully saturated rings. The van der Waals surface area contributed by atoms with Gasteiger partial charge >= 0.3 is 0 Å². The zero-order chi connectivity index (χ0) is 14.9. The Morgan fingerprint density at radius 2 is 2.10 bits per heavy atom. The standard InChI is InChI=1S/C12H11BrN4O2S/c1-7-12(8(2)16-15-7)20(18,19)17-11-4-3-9(6-14)5-10(11)13/h3-5,17H,1-2H3,(H,15,16). The topological polar surface area (TPSA) is 98.6 Å². The van der Waals surface area contributed by atoms with Crippen molar-refractivity contribution in [1.29, 1.82) is 5.26 Å². The van der Waals surface area contributed by atoms with E-state index >= 15 is 0 Å². The lowest BCUT2D eigenvalue weighted by Crippen LogP contribution is -2.15. The second-order valence-electron chi connectivity index (χ2n) is 4.18. The number of nitrogens with one attached hydrogen (secondary N) is 2. The van der Waals surface area contributed by atoms with Crippen molar-refractivity contribution in [3.05, 3.63) is 39.6 Å². The van der Waals surface area contributed by atoms with E-state index in [1.54, 1.807) is 19.9 Å². The minimum absolute atomic E-state index is 0.133. The van der Waals surface area contributed by atoms with Crippen molar-refractivity contribution in [2.24, 2.45) is 0 Å². The molecule has 0 aliphatic rings. The van der Waals surface area contributed by atoms with E-state index in [0.29, 0.717) is 27.1 Å². The Morgan fingerprint density at radius 1 is 1.40 bits per heavy atom. The number of sulfonamides is 1. The molecular formula is C12H11BrN4O2S. The molecule has 8 heteroatoms. The lowest BCUT2D eigenvalue weighted by Gasteiger charge is -2.10. The molecule has 1 aromatic heterocycles. The first-order valence-electron chi connectivity index (χ1n) is 5.59. The number of anilines is 1. The van der Waals surface area contributed by atoms with Crippen LogP contribution in [0.5, 0.6) is 0 Å². The van der Waals surface area contributed by atoms with Crippen LogP contribution in [0.15, 0.2) is 27.6 Å². The maximum Gasteiger partial charge on any atom is 0.265 e. The molecule has 0 saturated heterocycles. The second-order valence-corrected chi connectivity index (χ2v) is 6.65. The number of aryl methyl sites for hydroxylation is 2. The Balaban J connectivity index is 2.42. The minimum atomic E-state index is -3.73. The van der Waals surface area contributed by atoms with E-state index in [1.807, 2.05) is 6.07 Å². The summed E-state index contributed by atoms with van der Waals surface area (Å²) in [5.74, 6) is 0. The summed E-state index contributed by atoms with van der Waals surface area (Å²) in [4.78, 5) is 0.133. The summed E-state index contributed by atoms with van der Waals surface area (Å²) in [6.07, 6.45) is 0. The van der Waals surface area contributed by atoms with Gasteiger partial charge in [-0.25, -0.2) is 8.42 Å². The summed E-state index contributed by atoms with van der Waals surface area (Å²) >= 11 is 3.24. The van der Waals surface area contributed by atoms with Crippen LogP contribution in [0.2, 0.25) is 0 Å². The fourth-order valence-electron chi connectivity index (χ4n) is 1.80. The quantitative estimate of drug-likeness (QED) is 0.884. The Morgan fingerprint density at radius 3 is 2.60 bits per heavy atom. The van der Waals surface area contributed by atoms with Gasteiger partial charge in [0, 0.05) is 4.47 Å². The van der Waals surface area contributed by atoms with E-state index in [2.05, 4.69) is 30.8 Å². The maximum atomic E-state index is 12.4. The Kier molecular flexibility index (Phi) is 3.83. The van der Waals surface area contributed by atoms with Crippen LogP contribution in [0.3, 0.4) is 0 Å². The van der Waals surface area contributed by atoms with Gasteiger partial charge in [0.05, 0.1) is 28.7 Å².